The quantitative estimate of drug-likeness (QED) is 0.775. The van der Waals surface area contributed by atoms with Crippen LogP contribution >= 0.6 is 0 Å². The number of aromatic nitrogens is 5. The Morgan fingerprint density at radius 3 is 2.96 bits per heavy atom. The summed E-state index contributed by atoms with van der Waals surface area (Å²) in [6.45, 7) is 4.95. The molecule has 1 aromatic carbocycles. The van der Waals surface area contributed by atoms with Crippen LogP contribution in [0.4, 0.5) is 4.39 Å². The average molecular weight is 342 g/mol. The highest BCUT2D eigenvalue weighted by Gasteiger charge is 2.28. The van der Waals surface area contributed by atoms with E-state index in [1.807, 2.05) is 18.5 Å². The van der Waals surface area contributed by atoms with E-state index in [1.54, 1.807) is 4.90 Å². The van der Waals surface area contributed by atoms with E-state index >= 15 is 0 Å². The number of benzene rings is 1. The number of hydrogen-bond donors (Lipinski definition) is 1. The van der Waals surface area contributed by atoms with Gasteiger partial charge in [-0.1, -0.05) is 0 Å². The largest absolute Gasteiger partial charge is 0.344 e. The van der Waals surface area contributed by atoms with Gasteiger partial charge in [0.15, 0.2) is 0 Å². The summed E-state index contributed by atoms with van der Waals surface area (Å²) in [5, 5.41) is 4.45. The van der Waals surface area contributed by atoms with Crippen LogP contribution in [0.3, 0.4) is 0 Å². The van der Waals surface area contributed by atoms with Crippen LogP contribution in [0.1, 0.15) is 40.9 Å². The number of carbonyl (C=O) groups excluding carboxylic acids is 1. The second-order valence-electron chi connectivity index (χ2n) is 6.45. The lowest BCUT2D eigenvalue weighted by Gasteiger charge is -2.33. The third-order valence-electron chi connectivity index (χ3n) is 4.66. The number of rotatable bonds is 2. The first-order valence-electron chi connectivity index (χ1n) is 8.34. The highest BCUT2D eigenvalue weighted by atomic mass is 19.1. The Hall–Kier alpha value is -2.77. The predicted octanol–water partition coefficient (Wildman–Crippen LogP) is 2.39. The van der Waals surface area contributed by atoms with E-state index in [1.165, 1.54) is 18.5 Å². The van der Waals surface area contributed by atoms with E-state index in [0.717, 1.165) is 24.5 Å². The maximum absolute atomic E-state index is 13.9. The number of nitrogens with zero attached hydrogens (tertiary/aromatic N) is 5. The smallest absolute Gasteiger partial charge is 0.256 e. The number of aromatic amines is 1. The number of fused-ring (bicyclic) bond motifs is 1. The molecule has 0 saturated carbocycles. The number of H-pyrrole nitrogens is 1. The molecule has 8 heteroatoms. The van der Waals surface area contributed by atoms with Crippen molar-refractivity contribution in [1.29, 1.82) is 0 Å². The molecule has 1 amide bonds. The molecule has 7 nitrogen and oxygen atoms in total. The number of nitrogens with one attached hydrogen (secondary N) is 1. The van der Waals surface area contributed by atoms with Gasteiger partial charge < -0.3 is 9.88 Å². The molecule has 2 aromatic heterocycles. The number of amides is 1. The summed E-state index contributed by atoms with van der Waals surface area (Å²) in [5.41, 5.74) is 1.32. The maximum Gasteiger partial charge on any atom is 0.256 e. The molecule has 1 N–H and O–H groups in total. The van der Waals surface area contributed by atoms with Gasteiger partial charge in [0.2, 0.25) is 0 Å². The lowest BCUT2D eigenvalue weighted by molar-refractivity contribution is 0.0672. The molecule has 0 unspecified atom stereocenters. The lowest BCUT2D eigenvalue weighted by Crippen LogP contribution is -2.41. The molecule has 0 aliphatic carbocycles. The molecule has 3 heterocycles. The van der Waals surface area contributed by atoms with Crippen molar-refractivity contribution < 1.29 is 9.18 Å². The molecular weight excluding hydrogens is 323 g/mol. The van der Waals surface area contributed by atoms with Crippen LogP contribution < -0.4 is 0 Å². The molecule has 0 bridgehead atoms. The van der Waals surface area contributed by atoms with Crippen molar-refractivity contribution in [3.63, 3.8) is 0 Å². The van der Waals surface area contributed by atoms with Gasteiger partial charge in [0.05, 0.1) is 23.4 Å². The van der Waals surface area contributed by atoms with Gasteiger partial charge >= 0.3 is 0 Å². The molecule has 3 aromatic rings. The van der Waals surface area contributed by atoms with E-state index in [0.29, 0.717) is 29.7 Å². The molecule has 1 saturated heterocycles. The van der Waals surface area contributed by atoms with Crippen molar-refractivity contribution in [3.8, 4) is 0 Å². The summed E-state index contributed by atoms with van der Waals surface area (Å²) in [7, 11) is 0. The maximum atomic E-state index is 13.9. The molecule has 25 heavy (non-hydrogen) atoms. The first kappa shape index (κ1) is 15.7. The summed E-state index contributed by atoms with van der Waals surface area (Å²) in [6.07, 6.45) is 3.28. The Balaban J connectivity index is 1.63. The fourth-order valence-corrected chi connectivity index (χ4v) is 3.57. The van der Waals surface area contributed by atoms with Gasteiger partial charge in [-0.25, -0.2) is 19.0 Å². The van der Waals surface area contributed by atoms with E-state index in [4.69, 9.17) is 0 Å². The van der Waals surface area contributed by atoms with Crippen molar-refractivity contribution >= 4 is 16.9 Å². The number of carbonyl (C=O) groups is 1. The zero-order valence-electron chi connectivity index (χ0n) is 14.2. The second-order valence-corrected chi connectivity index (χ2v) is 6.45. The van der Waals surface area contributed by atoms with Gasteiger partial charge in [-0.2, -0.15) is 5.10 Å². The Morgan fingerprint density at radius 2 is 2.20 bits per heavy atom. The molecule has 1 aliphatic rings. The van der Waals surface area contributed by atoms with Gasteiger partial charge in [-0.3, -0.25) is 4.79 Å². The first-order chi connectivity index (χ1) is 12.0. The average Bonchev–Trinajstić information content (AvgIpc) is 3.19. The minimum absolute atomic E-state index is 0.0853. The van der Waals surface area contributed by atoms with Crippen molar-refractivity contribution in [1.82, 2.24) is 29.6 Å². The highest BCUT2D eigenvalue weighted by molar-refractivity contribution is 6.04. The zero-order chi connectivity index (χ0) is 17.6. The summed E-state index contributed by atoms with van der Waals surface area (Å²) < 4.78 is 15.8. The number of piperidine rings is 1. The number of imidazole rings is 1. The SMILES string of the molecule is Cc1nc(C)n([C@@H]2CCCN(C(=O)c3cc(F)cc4[nH]cnc34)C2)n1. The molecule has 130 valence electrons. The Morgan fingerprint density at radius 1 is 1.36 bits per heavy atom. The number of hydrogen-bond acceptors (Lipinski definition) is 4. The molecule has 0 radical (unpaired) electrons. The van der Waals surface area contributed by atoms with E-state index in [9.17, 15) is 9.18 Å². The van der Waals surface area contributed by atoms with E-state index in [2.05, 4.69) is 20.1 Å². The topological polar surface area (TPSA) is 79.7 Å². The number of aryl methyl sites for hydroxylation is 2. The molecule has 1 atom stereocenters. The molecule has 1 aliphatic heterocycles. The van der Waals surface area contributed by atoms with Gasteiger partial charge in [-0.15, -0.1) is 0 Å². The molecule has 0 spiro atoms. The Bertz CT molecular complexity index is 946. The van der Waals surface area contributed by atoms with Crippen molar-refractivity contribution in [2.45, 2.75) is 32.7 Å². The standard InChI is InChI=1S/C17H19FN6O/c1-10-21-11(2)24(22-10)13-4-3-5-23(8-13)17(25)14-6-12(18)7-15-16(14)20-9-19-15/h6-7,9,13H,3-5,8H2,1-2H3,(H,19,20)/t13-/m1/s1. The van der Waals surface area contributed by atoms with Crippen molar-refractivity contribution in [2.75, 3.05) is 13.1 Å². The molecule has 4 rings (SSSR count). The number of halogens is 1. The minimum Gasteiger partial charge on any atom is -0.344 e. The van der Waals surface area contributed by atoms with Crippen molar-refractivity contribution in [3.05, 3.63) is 41.5 Å². The van der Waals surface area contributed by atoms with Crippen molar-refractivity contribution in [2.24, 2.45) is 0 Å². The number of likely N-dealkylation sites (tertiary alicyclic amines) is 1. The second kappa shape index (κ2) is 5.94. The van der Waals surface area contributed by atoms with E-state index < -0.39 is 5.82 Å². The Kier molecular flexibility index (Phi) is 3.74. The van der Waals surface area contributed by atoms with Gasteiger partial charge in [0.25, 0.3) is 5.91 Å². The Labute approximate surface area is 143 Å². The first-order valence-corrected chi connectivity index (χ1v) is 8.34. The van der Waals surface area contributed by atoms with Gasteiger partial charge in [-0.05, 0) is 38.8 Å². The summed E-state index contributed by atoms with van der Waals surface area (Å²) in [6, 6.07) is 2.70. The molecule has 1 fully saturated rings. The normalized spacial score (nSPS) is 18.0. The van der Waals surface area contributed by atoms with Crippen LogP contribution in [0.5, 0.6) is 0 Å². The minimum atomic E-state index is -0.448. The third kappa shape index (κ3) is 2.77. The fraction of sp³-hybridized carbons (Fsp3) is 0.412. The monoisotopic (exact) mass is 342 g/mol. The van der Waals surface area contributed by atoms with Crippen LogP contribution in [-0.4, -0.2) is 48.6 Å². The van der Waals surface area contributed by atoms with Gasteiger partial charge in [0.1, 0.15) is 23.0 Å². The fourth-order valence-electron chi connectivity index (χ4n) is 3.57. The van der Waals surface area contributed by atoms with Crippen LogP contribution in [-0.2, 0) is 0 Å². The van der Waals surface area contributed by atoms with E-state index in [-0.39, 0.29) is 11.9 Å². The molecular formula is C17H19FN6O. The summed E-state index contributed by atoms with van der Waals surface area (Å²) in [4.78, 5) is 26.1. The highest BCUT2D eigenvalue weighted by Crippen LogP contribution is 2.25. The van der Waals surface area contributed by atoms with Crippen LogP contribution in [0.15, 0.2) is 18.5 Å². The predicted molar refractivity (Wildman–Crippen MR) is 89.7 cm³/mol. The lowest BCUT2D eigenvalue weighted by atomic mass is 10.0. The summed E-state index contributed by atoms with van der Waals surface area (Å²) in [5.74, 6) is 0.925. The van der Waals surface area contributed by atoms with Crippen LogP contribution in [0.25, 0.3) is 11.0 Å². The van der Waals surface area contributed by atoms with Crippen LogP contribution in [0.2, 0.25) is 0 Å². The van der Waals surface area contributed by atoms with Gasteiger partial charge in [0, 0.05) is 13.1 Å². The summed E-state index contributed by atoms with van der Waals surface area (Å²) >= 11 is 0. The zero-order valence-corrected chi connectivity index (χ0v) is 14.2. The third-order valence-corrected chi connectivity index (χ3v) is 4.66. The van der Waals surface area contributed by atoms with Crippen LogP contribution in [0, 0.1) is 19.7 Å².